The van der Waals surface area contributed by atoms with Crippen LogP contribution in [0.25, 0.3) is 105 Å². The molecule has 0 amide bonds. The molecule has 0 spiro atoms. The molecule has 10 aromatic carbocycles. The largest absolute Gasteiger partial charge is 0.457 e. The van der Waals surface area contributed by atoms with E-state index in [4.69, 9.17) is 9.72 Å². The van der Waals surface area contributed by atoms with Crippen molar-refractivity contribution in [2.75, 3.05) is 23.5 Å². The first kappa shape index (κ1) is 41.2. The minimum absolute atomic E-state index is 0.750. The number of anilines is 3. The van der Waals surface area contributed by atoms with E-state index in [0.29, 0.717) is 0 Å². The lowest BCUT2D eigenvalue weighted by Crippen LogP contribution is -2.23. The summed E-state index contributed by atoms with van der Waals surface area (Å²) in [5.41, 5.74) is 15.7. The number of para-hydroxylation sites is 5. The van der Waals surface area contributed by atoms with E-state index in [1.807, 2.05) is 6.07 Å². The maximum atomic E-state index is 6.80. The summed E-state index contributed by atoms with van der Waals surface area (Å²) in [6.45, 7) is 2.98. The average Bonchev–Trinajstić information content (AvgIpc) is 4.18. The lowest BCUT2D eigenvalue weighted by molar-refractivity contribution is 0.483. The molecule has 0 saturated heterocycles. The molecule has 0 fully saturated rings. The summed E-state index contributed by atoms with van der Waals surface area (Å²) in [4.78, 5) is 10.1. The Bertz CT molecular complexity index is 4340. The first-order valence-corrected chi connectivity index (χ1v) is 24.9. The molecule has 1 aliphatic rings. The number of fused-ring (bicyclic) bond motifs is 11. The Kier molecular flexibility index (Phi) is 9.02. The second-order valence-electron chi connectivity index (χ2n) is 19.4. The Morgan fingerprint density at radius 3 is 1.44 bits per heavy atom. The first-order valence-electron chi connectivity index (χ1n) is 24.9. The number of rotatable bonds is 7. The van der Waals surface area contributed by atoms with Gasteiger partial charge in [-0.05, 0) is 108 Å². The number of aryl methyl sites for hydroxylation is 1. The van der Waals surface area contributed by atoms with Crippen LogP contribution in [0.2, 0.25) is 0 Å². The SMILES string of the molecule is Cc1cc(-n2c3ccccc3c3ccc(Oc4cccc(N5CN(C)c6cc7ccccc7cc65)c4)cc32)ncc1-c1c(-n2c3ccccc3c3ccccc32)cccc1-n1c2ccccc2c2ccccc21. The zero-order valence-corrected chi connectivity index (χ0v) is 40.2. The summed E-state index contributed by atoms with van der Waals surface area (Å²) in [5, 5.41) is 9.64. The van der Waals surface area contributed by atoms with Crippen LogP contribution in [-0.4, -0.2) is 32.4 Å². The number of ether oxygens (including phenoxy) is 1. The minimum Gasteiger partial charge on any atom is -0.457 e. The van der Waals surface area contributed by atoms with Crippen molar-refractivity contribution in [2.24, 2.45) is 0 Å². The molecule has 346 valence electrons. The molecule has 5 heterocycles. The third-order valence-electron chi connectivity index (χ3n) is 15.2. The lowest BCUT2D eigenvalue weighted by atomic mass is 9.98. The summed E-state index contributed by atoms with van der Waals surface area (Å²) in [6.07, 6.45) is 2.10. The second kappa shape index (κ2) is 16.0. The van der Waals surface area contributed by atoms with Crippen LogP contribution in [0.4, 0.5) is 17.1 Å². The van der Waals surface area contributed by atoms with Gasteiger partial charge in [0.2, 0.25) is 0 Å². The normalized spacial score (nSPS) is 12.7. The van der Waals surface area contributed by atoms with Gasteiger partial charge in [-0.25, -0.2) is 4.98 Å². The van der Waals surface area contributed by atoms with Gasteiger partial charge in [-0.3, -0.25) is 4.57 Å². The summed E-state index contributed by atoms with van der Waals surface area (Å²) >= 11 is 0. The van der Waals surface area contributed by atoms with E-state index in [9.17, 15) is 0 Å². The molecule has 0 unspecified atom stereocenters. The predicted octanol–water partition coefficient (Wildman–Crippen LogP) is 16.8. The molecule has 0 atom stereocenters. The van der Waals surface area contributed by atoms with Gasteiger partial charge in [0.1, 0.15) is 17.3 Å². The highest BCUT2D eigenvalue weighted by molar-refractivity contribution is 6.13. The highest BCUT2D eigenvalue weighted by atomic mass is 16.5. The lowest BCUT2D eigenvalue weighted by Gasteiger charge is -2.21. The number of nitrogens with zero attached hydrogens (tertiary/aromatic N) is 6. The number of hydrogen-bond donors (Lipinski definition) is 0. The van der Waals surface area contributed by atoms with E-state index in [1.165, 1.54) is 43.7 Å². The summed E-state index contributed by atoms with van der Waals surface area (Å²) in [6, 6.07) is 80.7. The Labute approximate surface area is 421 Å². The maximum Gasteiger partial charge on any atom is 0.137 e. The van der Waals surface area contributed by atoms with Crippen LogP contribution in [0, 0.1) is 6.92 Å². The Morgan fingerprint density at radius 2 is 0.877 bits per heavy atom. The summed E-state index contributed by atoms with van der Waals surface area (Å²) in [5.74, 6) is 2.36. The van der Waals surface area contributed by atoms with Gasteiger partial charge >= 0.3 is 0 Å². The molecular weight excluding hydrogens is 893 g/mol. The fourth-order valence-corrected chi connectivity index (χ4v) is 11.9. The molecule has 0 aliphatic carbocycles. The van der Waals surface area contributed by atoms with Crippen LogP contribution in [0.1, 0.15) is 5.56 Å². The van der Waals surface area contributed by atoms with Crippen LogP contribution < -0.4 is 14.5 Å². The first-order chi connectivity index (χ1) is 36.0. The predicted molar refractivity (Wildman–Crippen MR) is 303 cm³/mol. The fourth-order valence-electron chi connectivity index (χ4n) is 11.9. The van der Waals surface area contributed by atoms with E-state index in [-0.39, 0.29) is 0 Å². The highest BCUT2D eigenvalue weighted by Crippen LogP contribution is 2.46. The van der Waals surface area contributed by atoms with Crippen molar-refractivity contribution in [1.29, 1.82) is 0 Å². The van der Waals surface area contributed by atoms with Crippen molar-refractivity contribution >= 4 is 93.3 Å². The second-order valence-corrected chi connectivity index (χ2v) is 19.4. The third kappa shape index (κ3) is 6.28. The van der Waals surface area contributed by atoms with Gasteiger partial charge in [0.25, 0.3) is 0 Å². The van der Waals surface area contributed by atoms with Gasteiger partial charge in [-0.15, -0.1) is 0 Å². The summed E-state index contributed by atoms with van der Waals surface area (Å²) in [7, 11) is 2.16. The van der Waals surface area contributed by atoms with Gasteiger partial charge in [0, 0.05) is 74.5 Å². The van der Waals surface area contributed by atoms with Gasteiger partial charge in [0.15, 0.2) is 0 Å². The Balaban J connectivity index is 0.881. The molecule has 15 rings (SSSR count). The quantitative estimate of drug-likeness (QED) is 0.160. The molecule has 4 aromatic heterocycles. The topological polar surface area (TPSA) is 43.4 Å². The van der Waals surface area contributed by atoms with E-state index < -0.39 is 0 Å². The molecule has 7 heteroatoms. The van der Waals surface area contributed by atoms with Gasteiger partial charge in [0.05, 0.1) is 62.5 Å². The van der Waals surface area contributed by atoms with Crippen LogP contribution in [-0.2, 0) is 0 Å². The van der Waals surface area contributed by atoms with E-state index >= 15 is 0 Å². The molecule has 0 bridgehead atoms. The number of aromatic nitrogens is 4. The van der Waals surface area contributed by atoms with Crippen molar-refractivity contribution in [3.63, 3.8) is 0 Å². The van der Waals surface area contributed by atoms with Gasteiger partial charge in [-0.1, -0.05) is 127 Å². The molecule has 14 aromatic rings. The fraction of sp³-hybridized carbons (Fsp3) is 0.0455. The smallest absolute Gasteiger partial charge is 0.137 e. The zero-order chi connectivity index (χ0) is 48.3. The van der Waals surface area contributed by atoms with E-state index in [1.54, 1.807) is 0 Å². The highest BCUT2D eigenvalue weighted by Gasteiger charge is 2.27. The number of benzene rings is 10. The number of pyridine rings is 1. The van der Waals surface area contributed by atoms with Crippen LogP contribution >= 0.6 is 0 Å². The van der Waals surface area contributed by atoms with Crippen molar-refractivity contribution in [3.05, 3.63) is 236 Å². The van der Waals surface area contributed by atoms with Gasteiger partial charge in [-0.2, -0.15) is 0 Å². The molecule has 73 heavy (non-hydrogen) atoms. The monoisotopic (exact) mass is 938 g/mol. The zero-order valence-electron chi connectivity index (χ0n) is 40.2. The number of hydrogen-bond acceptors (Lipinski definition) is 4. The minimum atomic E-state index is 0.750. The van der Waals surface area contributed by atoms with E-state index in [2.05, 4.69) is 262 Å². The molecule has 0 radical (unpaired) electrons. The van der Waals surface area contributed by atoms with E-state index in [0.717, 1.165) is 102 Å². The van der Waals surface area contributed by atoms with Gasteiger partial charge < -0.3 is 23.7 Å². The maximum absolute atomic E-state index is 6.80. The van der Waals surface area contributed by atoms with Crippen LogP contribution in [0.3, 0.4) is 0 Å². The van der Waals surface area contributed by atoms with Crippen LogP contribution in [0.15, 0.2) is 231 Å². The van der Waals surface area contributed by atoms with Crippen molar-refractivity contribution in [3.8, 4) is 39.8 Å². The van der Waals surface area contributed by atoms with Crippen LogP contribution in [0.5, 0.6) is 11.5 Å². The standard InChI is InChI=1S/C66H46N6O/c1-42-35-65(72-59-30-14-9-25-52(59)53-34-33-47(39-62(53)72)73-46-20-15-19-45(38-46)69-41-68(2)63-36-43-17-3-4-18-44(43)37-64(63)69)67-40-54(42)66-60(70-55-26-10-5-21-48(55)49-22-6-11-27-56(49)70)31-16-32-61(66)71-57-28-12-7-23-50(57)51-24-8-13-29-58(51)71/h3-40H,41H2,1-2H3. The molecule has 0 saturated carbocycles. The third-order valence-corrected chi connectivity index (χ3v) is 15.2. The summed E-state index contributed by atoms with van der Waals surface area (Å²) < 4.78 is 14.0. The molecular formula is C66H46N6O. The van der Waals surface area contributed by atoms with Crippen molar-refractivity contribution < 1.29 is 4.74 Å². The van der Waals surface area contributed by atoms with Crippen molar-refractivity contribution in [2.45, 2.75) is 6.92 Å². The molecule has 0 N–H and O–H groups in total. The Morgan fingerprint density at radius 1 is 0.397 bits per heavy atom. The molecule has 7 nitrogen and oxygen atoms in total. The molecule has 1 aliphatic heterocycles. The Hall–Kier alpha value is -9.59. The average molecular weight is 939 g/mol. The van der Waals surface area contributed by atoms with Crippen molar-refractivity contribution in [1.82, 2.24) is 18.7 Å².